The zero-order valence-electron chi connectivity index (χ0n) is 18.8. The van der Waals surface area contributed by atoms with Crippen molar-refractivity contribution in [2.24, 2.45) is 5.92 Å². The van der Waals surface area contributed by atoms with Crippen molar-refractivity contribution in [1.82, 2.24) is 5.32 Å². The minimum absolute atomic E-state index is 0.0538. The predicted octanol–water partition coefficient (Wildman–Crippen LogP) is 4.60. The largest absolute Gasteiger partial charge is 0.391 e. The number of aliphatic hydroxyl groups excluding tert-OH is 1. The third kappa shape index (κ3) is 15.0. The molecule has 0 aliphatic carbocycles. The highest BCUT2D eigenvalue weighted by Crippen LogP contribution is 2.14. The van der Waals surface area contributed by atoms with Crippen LogP contribution in [0.3, 0.4) is 0 Å². The van der Waals surface area contributed by atoms with E-state index in [9.17, 15) is 9.90 Å². The van der Waals surface area contributed by atoms with E-state index in [-0.39, 0.29) is 23.9 Å². The zero-order valence-corrected chi connectivity index (χ0v) is 18.8. The fourth-order valence-corrected chi connectivity index (χ4v) is 3.35. The monoisotopic (exact) mass is 385 g/mol. The van der Waals surface area contributed by atoms with Crippen LogP contribution in [0.4, 0.5) is 0 Å². The molecule has 0 saturated heterocycles. The van der Waals surface area contributed by atoms with Gasteiger partial charge in [0.25, 0.3) is 5.91 Å². The van der Waals surface area contributed by atoms with Gasteiger partial charge in [0.1, 0.15) is 0 Å². The molecular formula is C23H49N2O2+. The molecule has 4 nitrogen and oxygen atoms in total. The second-order valence-electron chi connectivity index (χ2n) is 8.75. The highest BCUT2D eigenvalue weighted by atomic mass is 16.3. The summed E-state index contributed by atoms with van der Waals surface area (Å²) in [5.41, 5.74) is 3.90. The van der Waals surface area contributed by atoms with Crippen LogP contribution >= 0.6 is 0 Å². The van der Waals surface area contributed by atoms with E-state index in [2.05, 4.69) is 18.0 Å². The molecule has 4 heteroatoms. The Morgan fingerprint density at radius 2 is 1.22 bits per heavy atom. The Bertz CT molecular complexity index is 347. The van der Waals surface area contributed by atoms with Gasteiger partial charge in [0.15, 0.2) is 6.04 Å². The van der Waals surface area contributed by atoms with Gasteiger partial charge in [0.05, 0.1) is 12.1 Å². The Morgan fingerprint density at radius 1 is 0.815 bits per heavy atom. The molecule has 162 valence electrons. The molecule has 0 heterocycles. The third-order valence-corrected chi connectivity index (χ3v) is 5.69. The lowest BCUT2D eigenvalue weighted by atomic mass is 10.0. The van der Waals surface area contributed by atoms with Crippen LogP contribution in [0.1, 0.15) is 118 Å². The summed E-state index contributed by atoms with van der Waals surface area (Å²) in [6.45, 7) is 8.14. The number of carbonyl (C=O) groups excluding carboxylic acids is 1. The van der Waals surface area contributed by atoms with Crippen molar-refractivity contribution in [3.63, 3.8) is 0 Å². The van der Waals surface area contributed by atoms with E-state index in [0.29, 0.717) is 0 Å². The Labute approximate surface area is 169 Å². The summed E-state index contributed by atoms with van der Waals surface area (Å²) < 4.78 is 0. The lowest BCUT2D eigenvalue weighted by molar-refractivity contribution is -0.414. The zero-order chi connectivity index (χ0) is 20.5. The molecule has 0 aromatic rings. The summed E-state index contributed by atoms with van der Waals surface area (Å²) in [7, 11) is 0. The van der Waals surface area contributed by atoms with Crippen LogP contribution in [0, 0.1) is 5.92 Å². The van der Waals surface area contributed by atoms with Gasteiger partial charge in [-0.15, -0.1) is 0 Å². The molecule has 1 amide bonds. The minimum atomic E-state index is -0.457. The molecule has 0 fully saturated rings. The average Bonchev–Trinajstić information content (AvgIpc) is 2.64. The van der Waals surface area contributed by atoms with Gasteiger partial charge in [-0.1, -0.05) is 104 Å². The summed E-state index contributed by atoms with van der Waals surface area (Å²) in [5, 5.41) is 13.1. The second kappa shape index (κ2) is 17.5. The highest BCUT2D eigenvalue weighted by Gasteiger charge is 2.24. The van der Waals surface area contributed by atoms with Gasteiger partial charge in [-0.2, -0.15) is 0 Å². The van der Waals surface area contributed by atoms with Gasteiger partial charge in [-0.25, -0.2) is 0 Å². The number of amides is 1. The topological polar surface area (TPSA) is 77.0 Å². The Balaban J connectivity index is 3.50. The summed E-state index contributed by atoms with van der Waals surface area (Å²) >= 11 is 0. The molecule has 0 spiro atoms. The van der Waals surface area contributed by atoms with E-state index in [1.807, 2.05) is 20.8 Å². The van der Waals surface area contributed by atoms with E-state index < -0.39 is 6.10 Å². The van der Waals surface area contributed by atoms with Crippen molar-refractivity contribution in [2.45, 2.75) is 136 Å². The number of hydrogen-bond donors (Lipinski definition) is 3. The molecule has 0 aliphatic rings. The van der Waals surface area contributed by atoms with Gasteiger partial charge < -0.3 is 16.2 Å². The van der Waals surface area contributed by atoms with E-state index >= 15 is 0 Å². The molecule has 0 radical (unpaired) electrons. The van der Waals surface area contributed by atoms with Crippen molar-refractivity contribution in [1.29, 1.82) is 0 Å². The highest BCUT2D eigenvalue weighted by molar-refractivity contribution is 5.80. The van der Waals surface area contributed by atoms with Gasteiger partial charge in [-0.3, -0.25) is 4.79 Å². The van der Waals surface area contributed by atoms with Gasteiger partial charge >= 0.3 is 0 Å². The average molecular weight is 386 g/mol. The van der Waals surface area contributed by atoms with Crippen molar-refractivity contribution in [3.8, 4) is 0 Å². The quantitative estimate of drug-likeness (QED) is 0.302. The van der Waals surface area contributed by atoms with Crippen molar-refractivity contribution < 1.29 is 15.6 Å². The first kappa shape index (κ1) is 26.4. The van der Waals surface area contributed by atoms with Gasteiger partial charge in [-0.05, 0) is 13.3 Å². The lowest BCUT2D eigenvalue weighted by Crippen LogP contribution is -2.70. The number of unbranched alkanes of at least 4 members (excludes halogenated alkanes) is 12. The van der Waals surface area contributed by atoms with E-state index in [1.54, 1.807) is 0 Å². The van der Waals surface area contributed by atoms with Crippen LogP contribution in [0.15, 0.2) is 0 Å². The molecule has 27 heavy (non-hydrogen) atoms. The molecular weight excluding hydrogens is 336 g/mol. The Kier molecular flexibility index (Phi) is 17.1. The first-order chi connectivity index (χ1) is 12.9. The number of quaternary nitrogens is 1. The van der Waals surface area contributed by atoms with Crippen molar-refractivity contribution in [3.05, 3.63) is 0 Å². The molecule has 0 unspecified atom stereocenters. The normalized spacial score (nSPS) is 14.9. The fourth-order valence-electron chi connectivity index (χ4n) is 3.35. The number of hydrogen-bond acceptors (Lipinski definition) is 2. The summed E-state index contributed by atoms with van der Waals surface area (Å²) in [6.07, 6.45) is 17.6. The summed E-state index contributed by atoms with van der Waals surface area (Å²) in [4.78, 5) is 12.0. The standard InChI is InChI=1S/C23H48N2O2/c1-5-6-7-8-9-10-11-12-13-14-15-16-17-18-21(26)20(4)25-23(27)22(24)19(2)3/h19-22,26H,5-18,24H2,1-4H3,(H,25,27)/p+1/t20-,21+,22-/m0/s1. The number of carbonyl (C=O) groups is 1. The first-order valence-electron chi connectivity index (χ1n) is 11.7. The number of aliphatic hydroxyl groups is 1. The molecule has 0 rings (SSSR count). The summed E-state index contributed by atoms with van der Waals surface area (Å²) in [6, 6.07) is -0.450. The van der Waals surface area contributed by atoms with Crippen LogP contribution in [0.2, 0.25) is 0 Å². The molecule has 0 saturated carbocycles. The van der Waals surface area contributed by atoms with Gasteiger partial charge in [0, 0.05) is 5.92 Å². The molecule has 0 aromatic heterocycles. The Morgan fingerprint density at radius 3 is 1.63 bits per heavy atom. The van der Waals surface area contributed by atoms with E-state index in [0.717, 1.165) is 12.8 Å². The minimum Gasteiger partial charge on any atom is -0.391 e. The smallest absolute Gasteiger partial charge is 0.278 e. The maximum absolute atomic E-state index is 12.0. The maximum Gasteiger partial charge on any atom is 0.278 e. The number of nitrogens with one attached hydrogen (secondary N) is 1. The van der Waals surface area contributed by atoms with Gasteiger partial charge in [0.2, 0.25) is 0 Å². The molecule has 0 aromatic carbocycles. The maximum atomic E-state index is 12.0. The van der Waals surface area contributed by atoms with Crippen LogP contribution < -0.4 is 11.1 Å². The molecule has 3 atom stereocenters. The molecule has 0 bridgehead atoms. The van der Waals surface area contributed by atoms with E-state index in [4.69, 9.17) is 0 Å². The summed E-state index contributed by atoms with van der Waals surface area (Å²) in [5.74, 6) is 0.164. The van der Waals surface area contributed by atoms with E-state index in [1.165, 1.54) is 77.0 Å². The SMILES string of the molecule is CCCCCCCCCCCCCCC[C@@H](O)[C@H](C)NC(=O)[C@@H]([NH3+])C(C)C. The van der Waals surface area contributed by atoms with Crippen LogP contribution in [-0.2, 0) is 4.79 Å². The fraction of sp³-hybridized carbons (Fsp3) is 0.957. The second-order valence-corrected chi connectivity index (χ2v) is 8.75. The molecule has 0 aliphatic heterocycles. The molecule has 5 N–H and O–H groups in total. The Hall–Kier alpha value is -0.610. The first-order valence-corrected chi connectivity index (χ1v) is 11.7. The van der Waals surface area contributed by atoms with Crippen molar-refractivity contribution in [2.75, 3.05) is 0 Å². The van der Waals surface area contributed by atoms with Crippen molar-refractivity contribution >= 4 is 5.91 Å². The lowest BCUT2D eigenvalue weighted by Gasteiger charge is -2.22. The van der Waals surface area contributed by atoms with Crippen LogP contribution in [0.25, 0.3) is 0 Å². The third-order valence-electron chi connectivity index (χ3n) is 5.69. The van der Waals surface area contributed by atoms with Crippen LogP contribution in [0.5, 0.6) is 0 Å². The van der Waals surface area contributed by atoms with Crippen LogP contribution in [-0.4, -0.2) is 29.2 Å². The predicted molar refractivity (Wildman–Crippen MR) is 115 cm³/mol. The number of rotatable bonds is 18.